The lowest BCUT2D eigenvalue weighted by Crippen LogP contribution is -2.41. The Morgan fingerprint density at radius 2 is 2.17 bits per heavy atom. The van der Waals surface area contributed by atoms with Crippen LogP contribution in [0.1, 0.15) is 50.8 Å². The monoisotopic (exact) mass is 317 g/mol. The quantitative estimate of drug-likeness (QED) is 0.870. The number of esters is 1. The van der Waals surface area contributed by atoms with Crippen LogP contribution in [0.25, 0.3) is 0 Å². The maximum Gasteiger partial charge on any atom is 0.307 e. The fraction of sp³-hybridized carbons (Fsp3) is 0.556. The van der Waals surface area contributed by atoms with Gasteiger partial charge in [0.2, 0.25) is 5.91 Å². The molecular weight excluding hydrogens is 294 g/mol. The molecule has 23 heavy (non-hydrogen) atoms. The highest BCUT2D eigenvalue weighted by molar-refractivity contribution is 5.87. The van der Waals surface area contributed by atoms with E-state index in [0.29, 0.717) is 0 Å². The van der Waals surface area contributed by atoms with Gasteiger partial charge < -0.3 is 14.8 Å². The zero-order valence-electron chi connectivity index (χ0n) is 13.8. The summed E-state index contributed by atoms with van der Waals surface area (Å²) >= 11 is 0. The van der Waals surface area contributed by atoms with Gasteiger partial charge in [0.05, 0.1) is 25.0 Å². The van der Waals surface area contributed by atoms with Gasteiger partial charge in [-0.3, -0.25) is 9.59 Å². The molecule has 2 heterocycles. The van der Waals surface area contributed by atoms with Gasteiger partial charge in [-0.05, 0) is 50.8 Å². The lowest BCUT2D eigenvalue weighted by molar-refractivity contribution is -0.147. The Kier molecular flexibility index (Phi) is 4.04. The topological polar surface area (TPSA) is 64.6 Å². The van der Waals surface area contributed by atoms with E-state index in [0.717, 1.165) is 30.8 Å². The Labute approximate surface area is 136 Å². The van der Waals surface area contributed by atoms with Gasteiger partial charge in [0.1, 0.15) is 11.4 Å². The Morgan fingerprint density at radius 3 is 2.87 bits per heavy atom. The number of hydrogen-bond acceptors (Lipinski definition) is 4. The van der Waals surface area contributed by atoms with Gasteiger partial charge in [0.25, 0.3) is 0 Å². The van der Waals surface area contributed by atoms with Crippen molar-refractivity contribution in [2.24, 2.45) is 5.92 Å². The van der Waals surface area contributed by atoms with Crippen LogP contribution in [0.3, 0.4) is 0 Å². The number of ether oxygens (including phenoxy) is 2. The standard InChI is InChI=1S/C18H23NO4/c1-11(12-6-7-15-13(9-12)5-4-8-22-15)19-17(21)14-10-16(20)23-18(14,2)3/h6-7,9,11,14H,4-5,8,10H2,1-3H3,(H,19,21). The summed E-state index contributed by atoms with van der Waals surface area (Å²) in [6, 6.07) is 5.93. The number of aryl methyl sites for hydroxylation is 1. The first-order valence-corrected chi connectivity index (χ1v) is 8.14. The molecule has 1 aromatic rings. The average molecular weight is 317 g/mol. The summed E-state index contributed by atoms with van der Waals surface area (Å²) in [7, 11) is 0. The van der Waals surface area contributed by atoms with E-state index in [4.69, 9.17) is 9.47 Å². The third-order valence-corrected chi connectivity index (χ3v) is 4.69. The first-order valence-electron chi connectivity index (χ1n) is 8.14. The number of carbonyl (C=O) groups is 2. The molecule has 5 nitrogen and oxygen atoms in total. The van der Waals surface area contributed by atoms with Gasteiger partial charge in [0.15, 0.2) is 0 Å². The summed E-state index contributed by atoms with van der Waals surface area (Å²) in [5.74, 6) is 0.0453. The molecule has 0 radical (unpaired) electrons. The second-order valence-electron chi connectivity index (χ2n) is 6.88. The van der Waals surface area contributed by atoms with Gasteiger partial charge >= 0.3 is 5.97 Å². The smallest absolute Gasteiger partial charge is 0.307 e. The van der Waals surface area contributed by atoms with Gasteiger partial charge in [-0.25, -0.2) is 0 Å². The van der Waals surface area contributed by atoms with Gasteiger partial charge in [-0.1, -0.05) is 12.1 Å². The van der Waals surface area contributed by atoms with E-state index in [1.807, 2.05) is 19.1 Å². The lowest BCUT2D eigenvalue weighted by atomic mass is 9.89. The van der Waals surface area contributed by atoms with Crippen molar-refractivity contribution in [3.8, 4) is 5.75 Å². The second-order valence-corrected chi connectivity index (χ2v) is 6.88. The fourth-order valence-corrected chi connectivity index (χ4v) is 3.27. The second kappa shape index (κ2) is 5.87. The Bertz CT molecular complexity index is 638. The van der Waals surface area contributed by atoms with Crippen LogP contribution in [0.15, 0.2) is 18.2 Å². The molecule has 0 bridgehead atoms. The highest BCUT2D eigenvalue weighted by Crippen LogP contribution is 2.33. The van der Waals surface area contributed by atoms with Crippen molar-refractivity contribution in [3.05, 3.63) is 29.3 Å². The van der Waals surface area contributed by atoms with E-state index in [2.05, 4.69) is 11.4 Å². The normalized spacial score (nSPS) is 23.4. The van der Waals surface area contributed by atoms with Crippen LogP contribution in [0.5, 0.6) is 5.75 Å². The average Bonchev–Trinajstić information content (AvgIpc) is 2.79. The van der Waals surface area contributed by atoms with Crippen LogP contribution >= 0.6 is 0 Å². The number of benzene rings is 1. The number of carbonyl (C=O) groups excluding carboxylic acids is 2. The summed E-state index contributed by atoms with van der Waals surface area (Å²) in [4.78, 5) is 24.0. The van der Waals surface area contributed by atoms with Crippen LogP contribution in [0, 0.1) is 5.92 Å². The van der Waals surface area contributed by atoms with E-state index in [1.165, 1.54) is 5.56 Å². The predicted molar refractivity (Wildman–Crippen MR) is 85.1 cm³/mol. The van der Waals surface area contributed by atoms with E-state index < -0.39 is 11.5 Å². The molecule has 2 aliphatic rings. The van der Waals surface area contributed by atoms with Crippen molar-refractivity contribution in [1.82, 2.24) is 5.32 Å². The number of hydrogen-bond donors (Lipinski definition) is 1. The molecule has 2 atom stereocenters. The molecule has 1 amide bonds. The number of cyclic esters (lactones) is 1. The Balaban J connectivity index is 1.70. The van der Waals surface area contributed by atoms with E-state index in [-0.39, 0.29) is 24.3 Å². The summed E-state index contributed by atoms with van der Waals surface area (Å²) in [6.45, 7) is 6.28. The summed E-state index contributed by atoms with van der Waals surface area (Å²) in [5.41, 5.74) is 1.49. The lowest BCUT2D eigenvalue weighted by Gasteiger charge is -2.26. The number of rotatable bonds is 3. The number of amides is 1. The SMILES string of the molecule is CC(NC(=O)C1CC(=O)OC1(C)C)c1ccc2c(c1)CCCO2. The minimum absolute atomic E-state index is 0.124. The first-order chi connectivity index (χ1) is 10.9. The molecule has 0 aliphatic carbocycles. The van der Waals surface area contributed by atoms with Crippen molar-refractivity contribution in [1.29, 1.82) is 0 Å². The summed E-state index contributed by atoms with van der Waals surface area (Å²) < 4.78 is 10.8. The first kappa shape index (κ1) is 15.8. The van der Waals surface area contributed by atoms with Crippen molar-refractivity contribution < 1.29 is 19.1 Å². The van der Waals surface area contributed by atoms with Gasteiger partial charge in [0, 0.05) is 0 Å². The van der Waals surface area contributed by atoms with E-state index >= 15 is 0 Å². The molecule has 1 aromatic carbocycles. The van der Waals surface area contributed by atoms with Gasteiger partial charge in [-0.15, -0.1) is 0 Å². The summed E-state index contributed by atoms with van der Waals surface area (Å²) in [5, 5.41) is 3.01. The fourth-order valence-electron chi connectivity index (χ4n) is 3.27. The Hall–Kier alpha value is -2.04. The molecule has 1 saturated heterocycles. The molecule has 124 valence electrons. The van der Waals surface area contributed by atoms with Crippen LogP contribution in [0.4, 0.5) is 0 Å². The minimum Gasteiger partial charge on any atom is -0.493 e. The maximum atomic E-state index is 12.5. The van der Waals surface area contributed by atoms with E-state index in [1.54, 1.807) is 13.8 Å². The zero-order chi connectivity index (χ0) is 16.6. The van der Waals surface area contributed by atoms with Crippen molar-refractivity contribution >= 4 is 11.9 Å². The predicted octanol–water partition coefficient (Wildman–Crippen LogP) is 2.53. The van der Waals surface area contributed by atoms with Crippen LogP contribution in [0.2, 0.25) is 0 Å². The third-order valence-electron chi connectivity index (χ3n) is 4.69. The van der Waals surface area contributed by atoms with Crippen molar-refractivity contribution in [2.75, 3.05) is 6.61 Å². The van der Waals surface area contributed by atoms with Gasteiger partial charge in [-0.2, -0.15) is 0 Å². The highest BCUT2D eigenvalue weighted by atomic mass is 16.6. The molecule has 1 N–H and O–H groups in total. The van der Waals surface area contributed by atoms with Crippen LogP contribution in [-0.4, -0.2) is 24.1 Å². The molecule has 2 unspecified atom stereocenters. The minimum atomic E-state index is -0.745. The number of nitrogens with one attached hydrogen (secondary N) is 1. The van der Waals surface area contributed by atoms with Crippen molar-refractivity contribution in [2.45, 2.75) is 51.7 Å². The Morgan fingerprint density at radius 1 is 1.39 bits per heavy atom. The molecule has 5 heteroatoms. The largest absolute Gasteiger partial charge is 0.493 e. The van der Waals surface area contributed by atoms with Crippen molar-refractivity contribution in [3.63, 3.8) is 0 Å². The molecule has 1 fully saturated rings. The van der Waals surface area contributed by atoms with Crippen LogP contribution < -0.4 is 10.1 Å². The molecule has 2 aliphatic heterocycles. The zero-order valence-corrected chi connectivity index (χ0v) is 13.8. The molecule has 0 saturated carbocycles. The van der Waals surface area contributed by atoms with E-state index in [9.17, 15) is 9.59 Å². The maximum absolute atomic E-state index is 12.5. The molecule has 0 spiro atoms. The molecular formula is C18H23NO4. The number of fused-ring (bicyclic) bond motifs is 1. The molecule has 3 rings (SSSR count). The van der Waals surface area contributed by atoms with Crippen LogP contribution in [-0.2, 0) is 20.7 Å². The highest BCUT2D eigenvalue weighted by Gasteiger charge is 2.46. The molecule has 0 aromatic heterocycles. The summed E-state index contributed by atoms with van der Waals surface area (Å²) in [6.07, 6.45) is 2.17. The third kappa shape index (κ3) is 3.19.